The average molecular weight is 271 g/mol. The van der Waals surface area contributed by atoms with Crippen molar-refractivity contribution < 1.29 is 36.6 Å². The predicted octanol–water partition coefficient (Wildman–Crippen LogP) is 2.53. The number of nitrogens with zero attached hydrogens (tertiary/aromatic N) is 1. The van der Waals surface area contributed by atoms with Gasteiger partial charge in [0.2, 0.25) is 0 Å². The quantitative estimate of drug-likeness (QED) is 0.663. The highest BCUT2D eigenvalue weighted by molar-refractivity contribution is 5.89. The van der Waals surface area contributed by atoms with Crippen molar-refractivity contribution in [3.63, 3.8) is 0 Å². The molecule has 18 heavy (non-hydrogen) atoms. The molecule has 0 saturated carbocycles. The standard InChI is InChI=1S/C9H6F5NO3/c1-18-8(17)5-3(9(12,13)14)2-4(16)6(15-5)7(10)11/h2,7,16H,1H3. The van der Waals surface area contributed by atoms with Gasteiger partial charge in [0.1, 0.15) is 11.4 Å². The fourth-order valence-electron chi connectivity index (χ4n) is 1.15. The van der Waals surface area contributed by atoms with Gasteiger partial charge >= 0.3 is 12.1 Å². The minimum atomic E-state index is -5.03. The lowest BCUT2D eigenvalue weighted by Crippen LogP contribution is -2.17. The molecule has 0 spiro atoms. The van der Waals surface area contributed by atoms with Gasteiger partial charge in [-0.1, -0.05) is 0 Å². The molecule has 0 aromatic carbocycles. The number of hydrogen-bond acceptors (Lipinski definition) is 4. The molecule has 0 atom stereocenters. The van der Waals surface area contributed by atoms with Gasteiger partial charge in [0.25, 0.3) is 6.43 Å². The van der Waals surface area contributed by atoms with Crippen LogP contribution in [0.2, 0.25) is 0 Å². The van der Waals surface area contributed by atoms with Crippen LogP contribution in [0.25, 0.3) is 0 Å². The van der Waals surface area contributed by atoms with Crippen molar-refractivity contribution in [3.05, 3.63) is 23.0 Å². The number of aromatic nitrogens is 1. The number of carbonyl (C=O) groups excluding carboxylic acids is 1. The average Bonchev–Trinajstić information content (AvgIpc) is 2.26. The van der Waals surface area contributed by atoms with Crippen molar-refractivity contribution in [2.75, 3.05) is 7.11 Å². The number of hydrogen-bond donors (Lipinski definition) is 1. The first-order chi connectivity index (χ1) is 8.18. The number of alkyl halides is 5. The third-order valence-corrected chi connectivity index (χ3v) is 1.92. The maximum atomic E-state index is 12.5. The number of halogens is 5. The fraction of sp³-hybridized carbons (Fsp3) is 0.333. The second kappa shape index (κ2) is 4.75. The van der Waals surface area contributed by atoms with Gasteiger partial charge in [-0.2, -0.15) is 13.2 Å². The highest BCUT2D eigenvalue weighted by Crippen LogP contribution is 2.36. The number of pyridine rings is 1. The van der Waals surface area contributed by atoms with Crippen LogP contribution in [-0.4, -0.2) is 23.2 Å². The molecule has 9 heteroatoms. The van der Waals surface area contributed by atoms with E-state index in [0.29, 0.717) is 0 Å². The Kier molecular flexibility index (Phi) is 3.73. The highest BCUT2D eigenvalue weighted by atomic mass is 19.4. The molecule has 0 aliphatic heterocycles. The second-order valence-electron chi connectivity index (χ2n) is 3.08. The van der Waals surface area contributed by atoms with Crippen molar-refractivity contribution in [3.8, 4) is 5.75 Å². The van der Waals surface area contributed by atoms with Crippen LogP contribution in [0.3, 0.4) is 0 Å². The zero-order valence-corrected chi connectivity index (χ0v) is 8.76. The van der Waals surface area contributed by atoms with Crippen molar-refractivity contribution >= 4 is 5.97 Å². The van der Waals surface area contributed by atoms with E-state index in [2.05, 4.69) is 9.72 Å². The lowest BCUT2D eigenvalue weighted by Gasteiger charge is -2.13. The number of esters is 1. The molecule has 0 aliphatic carbocycles. The van der Waals surface area contributed by atoms with Crippen LogP contribution in [0.15, 0.2) is 6.07 Å². The van der Waals surface area contributed by atoms with Crippen molar-refractivity contribution in [2.24, 2.45) is 0 Å². The number of methoxy groups -OCH3 is 1. The summed E-state index contributed by atoms with van der Waals surface area (Å²) in [6.45, 7) is 0. The van der Waals surface area contributed by atoms with Crippen LogP contribution in [0.1, 0.15) is 28.2 Å². The number of ether oxygens (including phenoxy) is 1. The molecule has 1 N–H and O–H groups in total. The van der Waals surface area contributed by atoms with E-state index in [9.17, 15) is 26.7 Å². The smallest absolute Gasteiger partial charge is 0.418 e. The summed E-state index contributed by atoms with van der Waals surface area (Å²) in [5.41, 5.74) is -4.28. The van der Waals surface area contributed by atoms with E-state index in [4.69, 9.17) is 5.11 Å². The topological polar surface area (TPSA) is 59.4 Å². The first kappa shape index (κ1) is 14.1. The van der Waals surface area contributed by atoms with Crippen molar-refractivity contribution in [1.29, 1.82) is 0 Å². The van der Waals surface area contributed by atoms with Crippen LogP contribution in [-0.2, 0) is 10.9 Å². The summed E-state index contributed by atoms with van der Waals surface area (Å²) in [7, 11) is 0.777. The molecule has 0 radical (unpaired) electrons. The highest BCUT2D eigenvalue weighted by Gasteiger charge is 2.38. The molecule has 0 amide bonds. The third-order valence-electron chi connectivity index (χ3n) is 1.92. The van der Waals surface area contributed by atoms with E-state index in [1.54, 1.807) is 0 Å². The second-order valence-corrected chi connectivity index (χ2v) is 3.08. The van der Waals surface area contributed by atoms with Crippen LogP contribution in [0, 0.1) is 0 Å². The SMILES string of the molecule is COC(=O)c1nc(C(F)F)c(O)cc1C(F)(F)F. The number of carbonyl (C=O) groups is 1. The monoisotopic (exact) mass is 271 g/mol. The molecule has 100 valence electrons. The zero-order valence-electron chi connectivity index (χ0n) is 8.76. The fourth-order valence-corrected chi connectivity index (χ4v) is 1.15. The maximum absolute atomic E-state index is 12.5. The molecule has 0 bridgehead atoms. The van der Waals surface area contributed by atoms with Gasteiger partial charge in [-0.3, -0.25) is 0 Å². The van der Waals surface area contributed by atoms with Crippen LogP contribution >= 0.6 is 0 Å². The van der Waals surface area contributed by atoms with E-state index in [0.717, 1.165) is 7.11 Å². The van der Waals surface area contributed by atoms with E-state index in [1.807, 2.05) is 0 Å². The minimum absolute atomic E-state index is 0.0146. The molecule has 1 aromatic rings. The van der Waals surface area contributed by atoms with Gasteiger partial charge in [0, 0.05) is 0 Å². The zero-order chi connectivity index (χ0) is 14.1. The van der Waals surface area contributed by atoms with Crippen molar-refractivity contribution in [1.82, 2.24) is 4.98 Å². The third kappa shape index (κ3) is 2.66. The van der Waals surface area contributed by atoms with E-state index in [1.165, 1.54) is 0 Å². The van der Waals surface area contributed by atoms with Gasteiger partial charge < -0.3 is 9.84 Å². The normalized spacial score (nSPS) is 11.7. The Balaban J connectivity index is 3.52. The Bertz CT molecular complexity index is 472. The van der Waals surface area contributed by atoms with Gasteiger partial charge in [-0.05, 0) is 6.07 Å². The summed E-state index contributed by atoms with van der Waals surface area (Å²) in [4.78, 5) is 13.9. The van der Waals surface area contributed by atoms with Crippen molar-refractivity contribution in [2.45, 2.75) is 12.6 Å². The first-order valence-electron chi connectivity index (χ1n) is 4.36. The molecular formula is C9H6F5NO3. The molecular weight excluding hydrogens is 265 g/mol. The molecule has 0 aliphatic rings. The van der Waals surface area contributed by atoms with Crippen LogP contribution in [0.5, 0.6) is 5.75 Å². The first-order valence-corrected chi connectivity index (χ1v) is 4.36. The molecule has 1 heterocycles. The van der Waals surface area contributed by atoms with E-state index < -0.39 is 41.3 Å². The summed E-state index contributed by atoms with van der Waals surface area (Å²) < 4.78 is 66.2. The molecule has 0 unspecified atom stereocenters. The molecule has 4 nitrogen and oxygen atoms in total. The summed E-state index contributed by atoms with van der Waals surface area (Å²) in [6.07, 6.45) is -8.36. The van der Waals surface area contributed by atoms with E-state index in [-0.39, 0.29) is 6.07 Å². The molecule has 1 rings (SSSR count). The molecule has 1 aromatic heterocycles. The van der Waals surface area contributed by atoms with Gasteiger partial charge in [-0.25, -0.2) is 18.6 Å². The number of aromatic hydroxyl groups is 1. The lowest BCUT2D eigenvalue weighted by atomic mass is 10.1. The summed E-state index contributed by atoms with van der Waals surface area (Å²) in [5.74, 6) is -2.87. The van der Waals surface area contributed by atoms with Crippen LogP contribution < -0.4 is 0 Å². The maximum Gasteiger partial charge on any atom is 0.418 e. The Morgan fingerprint density at radius 2 is 2.00 bits per heavy atom. The van der Waals surface area contributed by atoms with Gasteiger partial charge in [0.15, 0.2) is 5.69 Å². The Morgan fingerprint density at radius 1 is 1.44 bits per heavy atom. The molecule has 0 fully saturated rings. The summed E-state index contributed by atoms with van der Waals surface area (Å²) in [5, 5.41) is 9.01. The predicted molar refractivity (Wildman–Crippen MR) is 47.2 cm³/mol. The summed E-state index contributed by atoms with van der Waals surface area (Å²) >= 11 is 0. The Hall–Kier alpha value is -1.93. The molecule has 0 saturated heterocycles. The Labute approximate surface area is 97.0 Å². The van der Waals surface area contributed by atoms with Gasteiger partial charge in [0.05, 0.1) is 12.7 Å². The Morgan fingerprint density at radius 3 is 2.39 bits per heavy atom. The number of rotatable bonds is 2. The lowest BCUT2D eigenvalue weighted by molar-refractivity contribution is -0.138. The van der Waals surface area contributed by atoms with E-state index >= 15 is 0 Å². The minimum Gasteiger partial charge on any atom is -0.506 e. The van der Waals surface area contributed by atoms with Gasteiger partial charge in [-0.15, -0.1) is 0 Å². The summed E-state index contributed by atoms with van der Waals surface area (Å²) in [6, 6.07) is 0.0146. The largest absolute Gasteiger partial charge is 0.506 e. The van der Waals surface area contributed by atoms with Crippen LogP contribution in [0.4, 0.5) is 22.0 Å².